The van der Waals surface area contributed by atoms with E-state index in [0.29, 0.717) is 0 Å². The fraction of sp³-hybridized carbons (Fsp3) is 0. The summed E-state index contributed by atoms with van der Waals surface area (Å²) >= 11 is 0. The van der Waals surface area contributed by atoms with Crippen LogP contribution >= 0.6 is 0 Å². The van der Waals surface area contributed by atoms with E-state index >= 15 is 0 Å². The summed E-state index contributed by atoms with van der Waals surface area (Å²) in [6, 6.07) is 42.2. The summed E-state index contributed by atoms with van der Waals surface area (Å²) in [6.45, 7) is 0. The molecule has 191 valence electrons. The van der Waals surface area contributed by atoms with E-state index in [9.17, 15) is 4.79 Å². The fourth-order valence-electron chi connectivity index (χ4n) is 4.73. The molecule has 5 nitrogen and oxygen atoms in total. The molecule has 1 N–H and O–H groups in total. The van der Waals surface area contributed by atoms with Gasteiger partial charge in [-0.3, -0.25) is 0 Å². The van der Waals surface area contributed by atoms with Crippen LogP contribution in [0.3, 0.4) is 0 Å². The van der Waals surface area contributed by atoms with E-state index in [2.05, 4.69) is 106 Å². The average molecular weight is 685 g/mol. The first-order chi connectivity index (χ1) is 18.7. The number of rotatable bonds is 3. The van der Waals surface area contributed by atoms with Crippen molar-refractivity contribution in [1.82, 2.24) is 14.5 Å². The monoisotopic (exact) mass is 685 g/mol. The normalized spacial score (nSPS) is 10.6. The molecular formula is C33H22IrN3O2-. The Balaban J connectivity index is 0.000000265. The fourth-order valence-corrected chi connectivity index (χ4v) is 4.73. The Bertz CT molecular complexity index is 1900. The maximum atomic E-state index is 10.1. The van der Waals surface area contributed by atoms with Gasteiger partial charge in [0.25, 0.3) is 0 Å². The number of para-hydroxylation sites is 1. The van der Waals surface area contributed by atoms with Crippen molar-refractivity contribution in [2.75, 3.05) is 0 Å². The molecule has 0 saturated heterocycles. The molecule has 0 spiro atoms. The summed E-state index contributed by atoms with van der Waals surface area (Å²) < 4.78 is 2.28. The maximum Gasteiger partial charge on any atom is 0.354 e. The Kier molecular flexibility index (Phi) is 7.59. The molecule has 0 saturated carbocycles. The van der Waals surface area contributed by atoms with Crippen LogP contribution in [0.4, 0.5) is 0 Å². The molecule has 6 heteroatoms. The predicted octanol–water partition coefficient (Wildman–Crippen LogP) is 7.58. The Morgan fingerprint density at radius 3 is 2.26 bits per heavy atom. The minimum absolute atomic E-state index is 0. The smallest absolute Gasteiger partial charge is 0.354 e. The molecule has 0 aliphatic carbocycles. The summed E-state index contributed by atoms with van der Waals surface area (Å²) in [6.07, 6.45) is 3.30. The van der Waals surface area contributed by atoms with E-state index in [-0.39, 0.29) is 25.8 Å². The molecule has 3 aromatic heterocycles. The SMILES string of the molecule is O=C(O)c1ccccn1.[Ir].[c-]1cc(-c2cccc3ccccc23)cc2c1c1ncccc1n2-c1ccccc1. The van der Waals surface area contributed by atoms with Crippen LogP contribution in [-0.4, -0.2) is 25.6 Å². The van der Waals surface area contributed by atoms with Crippen molar-refractivity contribution < 1.29 is 30.0 Å². The van der Waals surface area contributed by atoms with E-state index < -0.39 is 5.97 Å². The third kappa shape index (κ3) is 5.08. The topological polar surface area (TPSA) is 68.0 Å². The molecule has 1 radical (unpaired) electrons. The zero-order valence-electron chi connectivity index (χ0n) is 20.7. The second-order valence-electron chi connectivity index (χ2n) is 8.74. The zero-order chi connectivity index (χ0) is 25.9. The van der Waals surface area contributed by atoms with Crippen molar-refractivity contribution in [2.45, 2.75) is 0 Å². The van der Waals surface area contributed by atoms with Crippen LogP contribution in [0.5, 0.6) is 0 Å². The van der Waals surface area contributed by atoms with Gasteiger partial charge >= 0.3 is 5.97 Å². The van der Waals surface area contributed by atoms with Gasteiger partial charge in [-0.2, -0.15) is 0 Å². The summed E-state index contributed by atoms with van der Waals surface area (Å²) in [5.74, 6) is -0.990. The van der Waals surface area contributed by atoms with Gasteiger partial charge in [0.05, 0.1) is 0 Å². The molecule has 7 rings (SSSR count). The van der Waals surface area contributed by atoms with Gasteiger partial charge in [-0.25, -0.2) is 9.78 Å². The molecule has 0 unspecified atom stereocenters. The van der Waals surface area contributed by atoms with E-state index in [1.54, 1.807) is 12.1 Å². The molecule has 39 heavy (non-hydrogen) atoms. The summed E-state index contributed by atoms with van der Waals surface area (Å²) in [4.78, 5) is 18.4. The van der Waals surface area contributed by atoms with Crippen molar-refractivity contribution in [3.63, 3.8) is 0 Å². The number of carboxylic acids is 1. The number of hydrogen-bond acceptors (Lipinski definition) is 3. The second kappa shape index (κ2) is 11.4. The Morgan fingerprint density at radius 1 is 0.744 bits per heavy atom. The number of aromatic nitrogens is 3. The quantitative estimate of drug-likeness (QED) is 0.195. The van der Waals surface area contributed by atoms with Crippen LogP contribution < -0.4 is 0 Å². The van der Waals surface area contributed by atoms with Gasteiger partial charge in [0.2, 0.25) is 0 Å². The summed E-state index contributed by atoms with van der Waals surface area (Å²) in [7, 11) is 0. The van der Waals surface area contributed by atoms with Gasteiger partial charge in [0.15, 0.2) is 0 Å². The van der Waals surface area contributed by atoms with Crippen LogP contribution in [0.2, 0.25) is 0 Å². The van der Waals surface area contributed by atoms with Gasteiger partial charge in [0.1, 0.15) is 5.69 Å². The number of nitrogens with zero attached hydrogens (tertiary/aromatic N) is 3. The van der Waals surface area contributed by atoms with E-state index in [0.717, 1.165) is 33.2 Å². The molecule has 0 aliphatic heterocycles. The molecule has 0 bridgehead atoms. The number of carboxylic acid groups (broad SMARTS) is 1. The Hall–Kier alpha value is -4.64. The molecule has 7 aromatic rings. The van der Waals surface area contributed by atoms with Gasteiger partial charge in [-0.1, -0.05) is 83.2 Å². The number of hydrogen-bond donors (Lipinski definition) is 1. The van der Waals surface area contributed by atoms with Gasteiger partial charge in [0, 0.05) is 49.2 Å². The summed E-state index contributed by atoms with van der Waals surface area (Å²) in [5.41, 5.74) is 6.79. The molecule has 3 heterocycles. The van der Waals surface area contributed by atoms with Crippen molar-refractivity contribution in [3.05, 3.63) is 139 Å². The molecule has 4 aromatic carbocycles. The number of aromatic carboxylic acids is 1. The minimum atomic E-state index is -0.990. The first kappa shape index (κ1) is 26.0. The van der Waals surface area contributed by atoms with Crippen molar-refractivity contribution in [2.24, 2.45) is 0 Å². The minimum Gasteiger partial charge on any atom is -0.477 e. The van der Waals surface area contributed by atoms with Gasteiger partial charge < -0.3 is 14.7 Å². The standard InChI is InChI=1S/C27H17N2.C6H5NO2.Ir/c1-2-10-21(11-3-1)29-25-14-7-17-28-27(25)24-16-15-20(18-26(24)29)23-13-6-9-19-8-4-5-12-22(19)23;8-6(9)5-3-1-2-4-7-5;/h1-15,17-18H;1-4H,(H,8,9);/q-1;;. The molecule has 0 fully saturated rings. The van der Waals surface area contributed by atoms with E-state index in [4.69, 9.17) is 5.11 Å². The van der Waals surface area contributed by atoms with Gasteiger partial charge in [-0.05, 0) is 52.7 Å². The average Bonchev–Trinajstić information content (AvgIpc) is 3.32. The van der Waals surface area contributed by atoms with Crippen LogP contribution in [0.25, 0.3) is 49.5 Å². The van der Waals surface area contributed by atoms with Crippen molar-refractivity contribution in [3.8, 4) is 16.8 Å². The van der Waals surface area contributed by atoms with E-state index in [1.807, 2.05) is 18.3 Å². The first-order valence-electron chi connectivity index (χ1n) is 12.2. The zero-order valence-corrected chi connectivity index (χ0v) is 23.0. The maximum absolute atomic E-state index is 10.1. The van der Waals surface area contributed by atoms with Crippen LogP contribution in [-0.2, 0) is 20.1 Å². The number of pyridine rings is 2. The van der Waals surface area contributed by atoms with E-state index in [1.165, 1.54) is 28.6 Å². The van der Waals surface area contributed by atoms with Crippen molar-refractivity contribution >= 4 is 38.7 Å². The summed E-state index contributed by atoms with van der Waals surface area (Å²) in [5, 5.41) is 11.9. The number of fused-ring (bicyclic) bond motifs is 4. The molecule has 0 amide bonds. The molecular weight excluding hydrogens is 663 g/mol. The third-order valence-corrected chi connectivity index (χ3v) is 6.42. The Morgan fingerprint density at radius 2 is 1.49 bits per heavy atom. The first-order valence-corrected chi connectivity index (χ1v) is 12.2. The Labute approximate surface area is 238 Å². The van der Waals surface area contributed by atoms with Crippen molar-refractivity contribution in [1.29, 1.82) is 0 Å². The largest absolute Gasteiger partial charge is 0.477 e. The molecule has 0 aliphatic rings. The van der Waals surface area contributed by atoms with Crippen LogP contribution in [0.1, 0.15) is 10.5 Å². The number of carbonyl (C=O) groups is 1. The second-order valence-corrected chi connectivity index (χ2v) is 8.74. The molecule has 0 atom stereocenters. The van der Waals surface area contributed by atoms with Crippen LogP contribution in [0, 0.1) is 6.07 Å². The van der Waals surface area contributed by atoms with Crippen LogP contribution in [0.15, 0.2) is 128 Å². The number of benzene rings is 4. The van der Waals surface area contributed by atoms with Gasteiger partial charge in [-0.15, -0.1) is 18.2 Å². The third-order valence-electron chi connectivity index (χ3n) is 6.42. The predicted molar refractivity (Wildman–Crippen MR) is 152 cm³/mol.